The van der Waals surface area contributed by atoms with Crippen LogP contribution < -0.4 is 0 Å². The Morgan fingerprint density at radius 2 is 1.71 bits per heavy atom. The average Bonchev–Trinajstić information content (AvgIpc) is 3.66. The first kappa shape index (κ1) is 37.0. The fourth-order valence-corrected chi connectivity index (χ4v) is 12.6. The smallest absolute Gasteiger partial charge is 0.303 e. The van der Waals surface area contributed by atoms with Gasteiger partial charge in [0.15, 0.2) is 5.78 Å². The van der Waals surface area contributed by atoms with Crippen molar-refractivity contribution in [2.24, 2.45) is 57.2 Å². The van der Waals surface area contributed by atoms with Crippen LogP contribution in [0.25, 0.3) is 0 Å². The Hall–Kier alpha value is -2.22. The van der Waals surface area contributed by atoms with E-state index in [2.05, 4.69) is 58.4 Å². The number of fused-ring (bicyclic) bond motifs is 5. The number of hydrogen-bond donors (Lipinski definition) is 2. The van der Waals surface area contributed by atoms with E-state index < -0.39 is 12.2 Å². The van der Waals surface area contributed by atoms with Crippen molar-refractivity contribution < 1.29 is 29.0 Å². The molecule has 2 N–H and O–H groups in total. The van der Waals surface area contributed by atoms with Crippen LogP contribution in [-0.4, -0.2) is 51.1 Å². The number of H-pyrrole nitrogens is 1. The highest BCUT2D eigenvalue weighted by Crippen LogP contribution is 2.76. The number of aliphatic hydroxyl groups excluding tert-OH is 1. The fraction of sp³-hybridized carbons (Fsp3) is 0.850. The third kappa shape index (κ3) is 6.30. The summed E-state index contributed by atoms with van der Waals surface area (Å²) in [7, 11) is 0. The minimum atomic E-state index is -0.723. The van der Waals surface area contributed by atoms with E-state index in [1.807, 2.05) is 0 Å². The summed E-state index contributed by atoms with van der Waals surface area (Å²) < 4.78 is 12.7. The van der Waals surface area contributed by atoms with Crippen molar-refractivity contribution in [2.45, 2.75) is 151 Å². The molecule has 1 aromatic rings. The molecule has 0 amide bonds. The Morgan fingerprint density at radius 1 is 1.00 bits per heavy atom. The van der Waals surface area contributed by atoms with E-state index in [0.29, 0.717) is 37.0 Å². The molecule has 1 heterocycles. The van der Waals surface area contributed by atoms with E-state index in [4.69, 9.17) is 9.47 Å². The summed E-state index contributed by atoms with van der Waals surface area (Å²) in [6.07, 6.45) is 14.2. The van der Waals surface area contributed by atoms with Gasteiger partial charge in [-0.15, -0.1) is 0 Å². The first-order chi connectivity index (χ1) is 22.4. The molecule has 4 saturated carbocycles. The Morgan fingerprint density at radius 3 is 2.33 bits per heavy atom. The summed E-state index contributed by atoms with van der Waals surface area (Å²) in [4.78, 5) is 45.3. The number of aliphatic hydroxyl groups is 1. The van der Waals surface area contributed by atoms with Gasteiger partial charge in [-0.1, -0.05) is 48.0 Å². The molecule has 0 radical (unpaired) electrons. The average molecular weight is 669 g/mol. The Balaban J connectivity index is 1.41. The van der Waals surface area contributed by atoms with E-state index in [1.165, 1.54) is 32.6 Å². The number of ketones is 1. The Kier molecular flexibility index (Phi) is 10.4. The van der Waals surface area contributed by atoms with Crippen LogP contribution in [0.4, 0.5) is 0 Å². The lowest BCUT2D eigenvalue weighted by Gasteiger charge is -2.71. The van der Waals surface area contributed by atoms with Crippen molar-refractivity contribution in [2.75, 3.05) is 6.61 Å². The van der Waals surface area contributed by atoms with Crippen LogP contribution in [0, 0.1) is 57.2 Å². The number of imidazole rings is 1. The van der Waals surface area contributed by atoms with E-state index in [-0.39, 0.29) is 63.2 Å². The summed E-state index contributed by atoms with van der Waals surface area (Å²) in [6, 6.07) is 0. The van der Waals surface area contributed by atoms with Gasteiger partial charge in [-0.2, -0.15) is 0 Å². The summed E-state index contributed by atoms with van der Waals surface area (Å²) in [5, 5.41) is 9.64. The van der Waals surface area contributed by atoms with Crippen LogP contribution in [-0.2, 0) is 30.3 Å². The molecular weight excluding hydrogens is 604 g/mol. The largest absolute Gasteiger partial charge is 0.462 e. The molecule has 4 fully saturated rings. The maximum atomic E-state index is 12.8. The Bertz CT molecular complexity index is 1330. The van der Waals surface area contributed by atoms with Gasteiger partial charge in [-0.3, -0.25) is 14.4 Å². The summed E-state index contributed by atoms with van der Waals surface area (Å²) in [5.41, 5.74) is 0.642. The minimum Gasteiger partial charge on any atom is -0.462 e. The third-order valence-corrected chi connectivity index (χ3v) is 15.5. The van der Waals surface area contributed by atoms with Crippen LogP contribution in [0.1, 0.15) is 139 Å². The van der Waals surface area contributed by atoms with E-state index in [1.54, 1.807) is 19.4 Å². The van der Waals surface area contributed by atoms with Crippen molar-refractivity contribution in [3.8, 4) is 0 Å². The first-order valence-electron chi connectivity index (χ1n) is 18.9. The lowest BCUT2D eigenvalue weighted by atomic mass is 9.34. The van der Waals surface area contributed by atoms with Crippen molar-refractivity contribution in [1.82, 2.24) is 9.97 Å². The number of hydrogen-bond acceptors (Lipinski definition) is 7. The topological polar surface area (TPSA) is 119 Å². The van der Waals surface area contributed by atoms with Crippen LogP contribution in [0.5, 0.6) is 0 Å². The molecule has 0 bridgehead atoms. The van der Waals surface area contributed by atoms with Crippen molar-refractivity contribution in [3.05, 3.63) is 18.2 Å². The van der Waals surface area contributed by atoms with Crippen LogP contribution in [0.15, 0.2) is 12.5 Å². The fourth-order valence-electron chi connectivity index (χ4n) is 12.6. The standard InChI is InChI=1S/C40H64N2O6/c1-25-13-17-37(6)33(36(25,4)5)15-19-38(7)34(37)21-32(47-26(2)44)35-30(14-18-39(35,38)8)40(9,48-27(3)45)16-11-10-12-28(31(46)23-43)20-29-22-41-24-42-29/h22,24-25,28,30,32-35,43H,10-21,23H2,1-9H3,(H,41,42)/t25-,28-,30?,32?,33?,34?,35-,37-,38+,39+,40-/m0/s1. The van der Waals surface area contributed by atoms with Crippen molar-refractivity contribution in [1.29, 1.82) is 0 Å². The molecule has 4 aliphatic carbocycles. The van der Waals surface area contributed by atoms with E-state index in [0.717, 1.165) is 37.8 Å². The number of ether oxygens (including phenoxy) is 2. The molecule has 8 nitrogen and oxygen atoms in total. The molecular formula is C40H64N2O6. The molecule has 1 aromatic heterocycles. The highest BCUT2D eigenvalue weighted by Gasteiger charge is 2.72. The summed E-state index contributed by atoms with van der Waals surface area (Å²) in [6.45, 7) is 19.7. The number of aromatic nitrogens is 2. The van der Waals surface area contributed by atoms with E-state index in [9.17, 15) is 19.5 Å². The Labute approximate surface area is 289 Å². The minimum absolute atomic E-state index is 0.0572. The van der Waals surface area contributed by atoms with Gasteiger partial charge in [0.1, 0.15) is 18.3 Å². The lowest BCUT2D eigenvalue weighted by Crippen LogP contribution is -2.66. The predicted molar refractivity (Wildman–Crippen MR) is 186 cm³/mol. The monoisotopic (exact) mass is 668 g/mol. The molecule has 0 aliphatic heterocycles. The quantitative estimate of drug-likeness (QED) is 0.172. The van der Waals surface area contributed by atoms with Gasteiger partial charge in [0.25, 0.3) is 0 Å². The van der Waals surface area contributed by atoms with Gasteiger partial charge in [-0.05, 0) is 117 Å². The van der Waals surface area contributed by atoms with Crippen LogP contribution in [0.2, 0.25) is 0 Å². The third-order valence-electron chi connectivity index (χ3n) is 15.5. The second kappa shape index (κ2) is 13.5. The van der Waals surface area contributed by atoms with Gasteiger partial charge >= 0.3 is 11.9 Å². The van der Waals surface area contributed by atoms with Gasteiger partial charge in [0.2, 0.25) is 0 Å². The van der Waals surface area contributed by atoms with Crippen molar-refractivity contribution in [3.63, 3.8) is 0 Å². The van der Waals surface area contributed by atoms with Gasteiger partial charge in [0, 0.05) is 43.5 Å². The molecule has 0 spiro atoms. The SMILES string of the molecule is CC(=O)OC1CC2[C@@]3(C)CC[C@H](C)C(C)(C)C3CC[C@@]2(C)[C@]2(C)CCC([C@](C)(CCCC[C@@H](Cc3cnc[nH]3)C(=O)CO)OC(C)=O)[C@@H]12. The zero-order valence-electron chi connectivity index (χ0n) is 31.3. The molecule has 5 rings (SSSR count). The number of carbonyl (C=O) groups is 3. The molecule has 11 atom stereocenters. The number of aromatic amines is 1. The van der Waals surface area contributed by atoms with Crippen LogP contribution >= 0.6 is 0 Å². The van der Waals surface area contributed by atoms with Crippen molar-refractivity contribution >= 4 is 17.7 Å². The number of Topliss-reactive ketones (excluding diaryl/α,β-unsaturated/α-hetero) is 1. The lowest BCUT2D eigenvalue weighted by molar-refractivity contribution is -0.246. The number of unbranched alkanes of at least 4 members (excludes halogenated alkanes) is 1. The maximum absolute atomic E-state index is 12.8. The second-order valence-electron chi connectivity index (χ2n) is 18.1. The maximum Gasteiger partial charge on any atom is 0.303 e. The number of carbonyl (C=O) groups excluding carboxylic acids is 3. The highest BCUT2D eigenvalue weighted by atomic mass is 16.6. The summed E-state index contributed by atoms with van der Waals surface area (Å²) >= 11 is 0. The normalized spacial score (nSPS) is 38.9. The zero-order chi connectivity index (χ0) is 35.3. The van der Waals surface area contributed by atoms with E-state index >= 15 is 0 Å². The van der Waals surface area contributed by atoms with Gasteiger partial charge in [-0.25, -0.2) is 4.98 Å². The van der Waals surface area contributed by atoms with Gasteiger partial charge in [0.05, 0.1) is 6.33 Å². The molecule has 270 valence electrons. The number of nitrogens with one attached hydrogen (secondary N) is 1. The number of rotatable bonds is 12. The molecule has 8 heteroatoms. The molecule has 4 aliphatic rings. The number of esters is 2. The van der Waals surface area contributed by atoms with Gasteiger partial charge < -0.3 is 19.6 Å². The molecule has 48 heavy (non-hydrogen) atoms. The molecule has 0 aromatic carbocycles. The molecule has 4 unspecified atom stereocenters. The highest BCUT2D eigenvalue weighted by molar-refractivity contribution is 5.82. The molecule has 0 saturated heterocycles. The summed E-state index contributed by atoms with van der Waals surface area (Å²) in [5.74, 6) is 0.976. The zero-order valence-corrected chi connectivity index (χ0v) is 31.3. The predicted octanol–water partition coefficient (Wildman–Crippen LogP) is 7.87. The second-order valence-corrected chi connectivity index (χ2v) is 18.1. The first-order valence-corrected chi connectivity index (χ1v) is 18.9. The number of nitrogens with zero attached hydrogens (tertiary/aromatic N) is 1. The van der Waals surface area contributed by atoms with Crippen LogP contribution in [0.3, 0.4) is 0 Å².